The number of ether oxygens (including phenoxy) is 1. The summed E-state index contributed by atoms with van der Waals surface area (Å²) < 4.78 is 5.51. The van der Waals surface area contributed by atoms with Gasteiger partial charge in [-0.1, -0.05) is 37.5 Å². The summed E-state index contributed by atoms with van der Waals surface area (Å²) in [6, 6.07) is 13.8. The van der Waals surface area contributed by atoms with E-state index in [9.17, 15) is 14.9 Å². The summed E-state index contributed by atoms with van der Waals surface area (Å²) in [6.07, 6.45) is 6.40. The number of carbonyl (C=O) groups excluding carboxylic acids is 1. The summed E-state index contributed by atoms with van der Waals surface area (Å²) in [5.41, 5.74) is 1.64. The van der Waals surface area contributed by atoms with Gasteiger partial charge in [0.2, 0.25) is 0 Å². The van der Waals surface area contributed by atoms with E-state index in [-0.39, 0.29) is 18.2 Å². The first-order valence-electron chi connectivity index (χ1n) is 8.89. The second-order valence-corrected chi connectivity index (χ2v) is 6.55. The molecule has 0 spiro atoms. The highest BCUT2D eigenvalue weighted by molar-refractivity contribution is 5.92. The topological polar surface area (TPSA) is 81.5 Å². The van der Waals surface area contributed by atoms with Crippen molar-refractivity contribution in [3.8, 4) is 5.75 Å². The number of hydrogen-bond acceptors (Lipinski definition) is 4. The number of nitro groups is 1. The number of anilines is 1. The molecule has 0 radical (unpaired) electrons. The summed E-state index contributed by atoms with van der Waals surface area (Å²) >= 11 is 0. The number of nitro benzene ring substituents is 1. The zero-order chi connectivity index (χ0) is 18.4. The van der Waals surface area contributed by atoms with Crippen LogP contribution in [0.25, 0.3) is 0 Å². The molecular formula is C20H22N2O4. The minimum absolute atomic E-state index is 0.0676. The summed E-state index contributed by atoms with van der Waals surface area (Å²) in [5, 5.41) is 13.4. The maximum Gasteiger partial charge on any atom is 0.271 e. The molecule has 0 aromatic heterocycles. The van der Waals surface area contributed by atoms with Gasteiger partial charge in [0.25, 0.3) is 11.6 Å². The largest absolute Gasteiger partial charge is 0.484 e. The van der Waals surface area contributed by atoms with E-state index in [0.717, 1.165) is 0 Å². The van der Waals surface area contributed by atoms with Gasteiger partial charge in [-0.2, -0.15) is 0 Å². The quantitative estimate of drug-likeness (QED) is 0.604. The molecule has 2 aromatic rings. The van der Waals surface area contributed by atoms with E-state index in [0.29, 0.717) is 17.4 Å². The normalized spacial score (nSPS) is 14.6. The van der Waals surface area contributed by atoms with Gasteiger partial charge in [-0.3, -0.25) is 14.9 Å². The molecule has 6 nitrogen and oxygen atoms in total. The Labute approximate surface area is 152 Å². The molecule has 1 N–H and O–H groups in total. The lowest BCUT2D eigenvalue weighted by Gasteiger charge is -2.22. The van der Waals surface area contributed by atoms with Crippen molar-refractivity contribution in [2.75, 3.05) is 11.9 Å². The molecule has 26 heavy (non-hydrogen) atoms. The Bertz CT molecular complexity index is 768. The number of benzene rings is 2. The molecular weight excluding hydrogens is 332 g/mol. The van der Waals surface area contributed by atoms with E-state index in [1.165, 1.54) is 55.9 Å². The van der Waals surface area contributed by atoms with Gasteiger partial charge < -0.3 is 10.1 Å². The molecule has 3 rings (SSSR count). The average molecular weight is 354 g/mol. The fourth-order valence-corrected chi connectivity index (χ4v) is 3.32. The zero-order valence-electron chi connectivity index (χ0n) is 14.5. The van der Waals surface area contributed by atoms with Crippen molar-refractivity contribution >= 4 is 17.3 Å². The van der Waals surface area contributed by atoms with E-state index >= 15 is 0 Å². The van der Waals surface area contributed by atoms with Crippen molar-refractivity contribution in [1.29, 1.82) is 0 Å². The lowest BCUT2D eigenvalue weighted by Crippen LogP contribution is -2.20. The Hall–Kier alpha value is -2.89. The van der Waals surface area contributed by atoms with Crippen LogP contribution in [0, 0.1) is 10.1 Å². The van der Waals surface area contributed by atoms with Gasteiger partial charge in [0.15, 0.2) is 6.61 Å². The second kappa shape index (κ2) is 8.47. The number of non-ortho nitro benzene ring substituents is 1. The molecule has 0 bridgehead atoms. The molecule has 1 amide bonds. The minimum atomic E-state index is -0.500. The van der Waals surface area contributed by atoms with E-state index in [1.807, 2.05) is 12.1 Å². The predicted octanol–water partition coefficient (Wildman–Crippen LogP) is 4.66. The molecule has 2 aromatic carbocycles. The van der Waals surface area contributed by atoms with Gasteiger partial charge in [0.1, 0.15) is 5.75 Å². The van der Waals surface area contributed by atoms with Crippen LogP contribution in [-0.4, -0.2) is 17.4 Å². The average Bonchev–Trinajstić information content (AvgIpc) is 2.68. The van der Waals surface area contributed by atoms with Crippen LogP contribution in [0.3, 0.4) is 0 Å². The Balaban J connectivity index is 1.51. The third kappa shape index (κ3) is 4.81. The number of carbonyl (C=O) groups is 1. The number of rotatable bonds is 6. The standard InChI is InChI=1S/C20H22N2O4/c23-20(21-17-7-4-8-18(13-17)22(24)25)14-26-19-11-9-16(10-12-19)15-5-2-1-3-6-15/h4,7-13,15H,1-3,5-6,14H2,(H,21,23). The van der Waals surface area contributed by atoms with Gasteiger partial charge in [-0.15, -0.1) is 0 Å². The van der Waals surface area contributed by atoms with Crippen molar-refractivity contribution < 1.29 is 14.5 Å². The molecule has 136 valence electrons. The first kappa shape index (κ1) is 17.9. The zero-order valence-corrected chi connectivity index (χ0v) is 14.5. The monoisotopic (exact) mass is 354 g/mol. The van der Waals surface area contributed by atoms with Crippen LogP contribution >= 0.6 is 0 Å². The van der Waals surface area contributed by atoms with Gasteiger partial charge in [-0.05, 0) is 42.5 Å². The van der Waals surface area contributed by atoms with E-state index in [1.54, 1.807) is 6.07 Å². The Morgan fingerprint density at radius 3 is 2.54 bits per heavy atom. The molecule has 0 heterocycles. The number of nitrogens with one attached hydrogen (secondary N) is 1. The smallest absolute Gasteiger partial charge is 0.271 e. The Morgan fingerprint density at radius 2 is 1.85 bits per heavy atom. The summed E-state index contributed by atoms with van der Waals surface area (Å²) in [4.78, 5) is 22.2. The minimum Gasteiger partial charge on any atom is -0.484 e. The molecule has 6 heteroatoms. The lowest BCUT2D eigenvalue weighted by atomic mass is 9.84. The van der Waals surface area contributed by atoms with Crippen LogP contribution in [0.4, 0.5) is 11.4 Å². The third-order valence-electron chi connectivity index (χ3n) is 4.67. The van der Waals surface area contributed by atoms with Crippen LogP contribution in [0.2, 0.25) is 0 Å². The highest BCUT2D eigenvalue weighted by Gasteiger charge is 2.15. The number of hydrogen-bond donors (Lipinski definition) is 1. The second-order valence-electron chi connectivity index (χ2n) is 6.55. The third-order valence-corrected chi connectivity index (χ3v) is 4.67. The molecule has 0 aliphatic heterocycles. The summed E-state index contributed by atoms with van der Waals surface area (Å²) in [5.74, 6) is 0.913. The molecule has 0 unspecified atom stereocenters. The summed E-state index contributed by atoms with van der Waals surface area (Å²) in [7, 11) is 0. The molecule has 1 aliphatic rings. The lowest BCUT2D eigenvalue weighted by molar-refractivity contribution is -0.384. The Morgan fingerprint density at radius 1 is 1.12 bits per heavy atom. The predicted molar refractivity (Wildman–Crippen MR) is 99.5 cm³/mol. The van der Waals surface area contributed by atoms with Crippen molar-refractivity contribution in [2.24, 2.45) is 0 Å². The highest BCUT2D eigenvalue weighted by atomic mass is 16.6. The van der Waals surface area contributed by atoms with Crippen molar-refractivity contribution in [3.63, 3.8) is 0 Å². The molecule has 0 atom stereocenters. The number of nitrogens with zero attached hydrogens (tertiary/aromatic N) is 1. The van der Waals surface area contributed by atoms with E-state index in [2.05, 4.69) is 17.4 Å². The summed E-state index contributed by atoms with van der Waals surface area (Å²) in [6.45, 7) is -0.147. The molecule has 1 saturated carbocycles. The molecule has 0 saturated heterocycles. The first-order chi connectivity index (χ1) is 12.6. The number of amides is 1. The molecule has 1 fully saturated rings. The van der Waals surface area contributed by atoms with E-state index < -0.39 is 4.92 Å². The van der Waals surface area contributed by atoms with Crippen LogP contribution in [-0.2, 0) is 4.79 Å². The maximum absolute atomic E-state index is 12.0. The van der Waals surface area contributed by atoms with Crippen molar-refractivity contribution in [2.45, 2.75) is 38.0 Å². The van der Waals surface area contributed by atoms with Crippen LogP contribution in [0.15, 0.2) is 48.5 Å². The fraction of sp³-hybridized carbons (Fsp3) is 0.350. The Kier molecular flexibility index (Phi) is 5.84. The van der Waals surface area contributed by atoms with Crippen LogP contribution in [0.5, 0.6) is 5.75 Å². The van der Waals surface area contributed by atoms with Crippen molar-refractivity contribution in [1.82, 2.24) is 0 Å². The van der Waals surface area contributed by atoms with Crippen LogP contribution in [0.1, 0.15) is 43.6 Å². The highest BCUT2D eigenvalue weighted by Crippen LogP contribution is 2.33. The maximum atomic E-state index is 12.0. The SMILES string of the molecule is O=C(COc1ccc(C2CCCCC2)cc1)Nc1cccc([N+](=O)[O-])c1. The van der Waals surface area contributed by atoms with Gasteiger partial charge in [-0.25, -0.2) is 0 Å². The fourth-order valence-electron chi connectivity index (χ4n) is 3.32. The van der Waals surface area contributed by atoms with E-state index in [4.69, 9.17) is 4.74 Å². The van der Waals surface area contributed by atoms with Crippen molar-refractivity contribution in [3.05, 3.63) is 64.2 Å². The van der Waals surface area contributed by atoms with Crippen LogP contribution < -0.4 is 10.1 Å². The van der Waals surface area contributed by atoms with Gasteiger partial charge >= 0.3 is 0 Å². The van der Waals surface area contributed by atoms with Gasteiger partial charge in [0, 0.05) is 17.8 Å². The molecule has 1 aliphatic carbocycles. The first-order valence-corrected chi connectivity index (χ1v) is 8.89. The van der Waals surface area contributed by atoms with Gasteiger partial charge in [0.05, 0.1) is 4.92 Å².